The van der Waals surface area contributed by atoms with E-state index in [0.717, 1.165) is 0 Å². The van der Waals surface area contributed by atoms with Crippen molar-refractivity contribution in [1.29, 1.82) is 0 Å². The summed E-state index contributed by atoms with van der Waals surface area (Å²) in [6, 6.07) is 6.32. The molecule has 98 valence electrons. The summed E-state index contributed by atoms with van der Waals surface area (Å²) in [5.41, 5.74) is 0.547. The van der Waals surface area contributed by atoms with Gasteiger partial charge in [-0.3, -0.25) is 9.69 Å². The van der Waals surface area contributed by atoms with E-state index < -0.39 is 12.0 Å². The van der Waals surface area contributed by atoms with Crippen molar-refractivity contribution < 1.29 is 19.1 Å². The van der Waals surface area contributed by atoms with Gasteiger partial charge in [0.25, 0.3) is 0 Å². The molecule has 0 bridgehead atoms. The number of rotatable bonds is 4. The van der Waals surface area contributed by atoms with Gasteiger partial charge >= 0.3 is 5.97 Å². The molecule has 5 heteroatoms. The average Bonchev–Trinajstić information content (AvgIpc) is 2.38. The van der Waals surface area contributed by atoms with Crippen molar-refractivity contribution in [2.75, 3.05) is 19.1 Å². The molecule has 0 N–H and O–H groups in total. The number of hydrogen-bond donors (Lipinski definition) is 0. The van der Waals surface area contributed by atoms with Crippen LogP contribution in [0.2, 0.25) is 0 Å². The fraction of sp³-hybridized carbons (Fsp3) is 0.385. The summed E-state index contributed by atoms with van der Waals surface area (Å²) in [5, 5.41) is 0. The van der Waals surface area contributed by atoms with Gasteiger partial charge < -0.3 is 9.47 Å². The highest BCUT2D eigenvalue weighted by molar-refractivity contribution is 5.99. The molecule has 1 atom stereocenters. The van der Waals surface area contributed by atoms with Crippen LogP contribution in [0.1, 0.15) is 13.8 Å². The number of benzene rings is 1. The van der Waals surface area contributed by atoms with Crippen LogP contribution in [-0.2, 0) is 14.3 Å². The maximum absolute atomic E-state index is 11.7. The molecule has 1 amide bonds. The van der Waals surface area contributed by atoms with Gasteiger partial charge in [0, 0.05) is 6.92 Å². The van der Waals surface area contributed by atoms with Gasteiger partial charge in [0.15, 0.2) is 0 Å². The van der Waals surface area contributed by atoms with Crippen LogP contribution in [0.3, 0.4) is 0 Å². The van der Waals surface area contributed by atoms with E-state index in [1.54, 1.807) is 31.2 Å². The zero-order valence-electron chi connectivity index (χ0n) is 11.0. The second-order valence-electron chi connectivity index (χ2n) is 3.76. The molecule has 0 spiro atoms. The first kappa shape index (κ1) is 14.0. The molecule has 0 radical (unpaired) electrons. The van der Waals surface area contributed by atoms with Gasteiger partial charge in [0.1, 0.15) is 11.8 Å². The van der Waals surface area contributed by atoms with Gasteiger partial charge in [0.2, 0.25) is 5.91 Å². The predicted molar refractivity (Wildman–Crippen MR) is 67.6 cm³/mol. The van der Waals surface area contributed by atoms with Gasteiger partial charge in [-0.2, -0.15) is 0 Å². The Labute approximate surface area is 106 Å². The van der Waals surface area contributed by atoms with Crippen LogP contribution in [-0.4, -0.2) is 32.1 Å². The smallest absolute Gasteiger partial charge is 0.328 e. The third-order valence-electron chi connectivity index (χ3n) is 2.61. The van der Waals surface area contributed by atoms with E-state index in [1.807, 2.05) is 0 Å². The third kappa shape index (κ3) is 2.80. The quantitative estimate of drug-likeness (QED) is 0.763. The van der Waals surface area contributed by atoms with Crippen molar-refractivity contribution in [2.24, 2.45) is 0 Å². The van der Waals surface area contributed by atoms with Crippen molar-refractivity contribution >= 4 is 17.6 Å². The molecule has 0 aliphatic rings. The number of anilines is 1. The molecule has 5 nitrogen and oxygen atoms in total. The second-order valence-corrected chi connectivity index (χ2v) is 3.76. The Morgan fingerprint density at radius 3 is 2.33 bits per heavy atom. The summed E-state index contributed by atoms with van der Waals surface area (Å²) in [6.07, 6.45) is 0. The molecular formula is C13H17NO4. The van der Waals surface area contributed by atoms with Crippen LogP contribution in [0.25, 0.3) is 0 Å². The number of methoxy groups -OCH3 is 2. The van der Waals surface area contributed by atoms with Crippen molar-refractivity contribution in [1.82, 2.24) is 0 Å². The van der Waals surface area contributed by atoms with Gasteiger partial charge in [0.05, 0.1) is 19.9 Å². The minimum Gasteiger partial charge on any atom is -0.495 e. The van der Waals surface area contributed by atoms with E-state index in [0.29, 0.717) is 11.4 Å². The maximum Gasteiger partial charge on any atom is 0.328 e. The fourth-order valence-corrected chi connectivity index (χ4v) is 1.76. The Kier molecular flexibility index (Phi) is 4.71. The van der Waals surface area contributed by atoms with Crippen molar-refractivity contribution in [3.63, 3.8) is 0 Å². The van der Waals surface area contributed by atoms with Gasteiger partial charge in [-0.05, 0) is 19.1 Å². The Bertz CT molecular complexity index is 444. The number of nitrogens with zero attached hydrogens (tertiary/aromatic N) is 1. The van der Waals surface area contributed by atoms with Crippen molar-refractivity contribution in [2.45, 2.75) is 19.9 Å². The molecule has 0 heterocycles. The van der Waals surface area contributed by atoms with Crippen molar-refractivity contribution in [3.05, 3.63) is 24.3 Å². The second kappa shape index (κ2) is 6.05. The minimum absolute atomic E-state index is 0.252. The standard InChI is InChI=1S/C13H17NO4/c1-9(13(16)18-4)14(10(2)15)11-7-5-6-8-12(11)17-3/h5-9H,1-4H3. The largest absolute Gasteiger partial charge is 0.495 e. The molecule has 1 aromatic rings. The molecule has 1 rings (SSSR count). The Morgan fingerprint density at radius 2 is 1.83 bits per heavy atom. The molecule has 0 saturated heterocycles. The number of para-hydroxylation sites is 2. The molecular weight excluding hydrogens is 234 g/mol. The fourth-order valence-electron chi connectivity index (χ4n) is 1.76. The van der Waals surface area contributed by atoms with E-state index in [-0.39, 0.29) is 5.91 Å². The zero-order chi connectivity index (χ0) is 13.7. The number of carbonyl (C=O) groups is 2. The van der Waals surface area contributed by atoms with Gasteiger partial charge in [-0.25, -0.2) is 4.79 Å². The minimum atomic E-state index is -0.705. The summed E-state index contributed by atoms with van der Waals surface area (Å²) < 4.78 is 9.86. The average molecular weight is 251 g/mol. The normalized spacial score (nSPS) is 11.6. The Balaban J connectivity index is 3.20. The topological polar surface area (TPSA) is 55.8 Å². The summed E-state index contributed by atoms with van der Waals surface area (Å²) >= 11 is 0. The highest BCUT2D eigenvalue weighted by Gasteiger charge is 2.27. The van der Waals surface area contributed by atoms with Crippen LogP contribution in [0.4, 0.5) is 5.69 Å². The van der Waals surface area contributed by atoms with E-state index in [9.17, 15) is 9.59 Å². The van der Waals surface area contributed by atoms with Crippen LogP contribution >= 0.6 is 0 Å². The lowest BCUT2D eigenvalue weighted by Gasteiger charge is -2.27. The maximum atomic E-state index is 11.7. The third-order valence-corrected chi connectivity index (χ3v) is 2.61. The number of amides is 1. The molecule has 18 heavy (non-hydrogen) atoms. The Hall–Kier alpha value is -2.04. The predicted octanol–water partition coefficient (Wildman–Crippen LogP) is 1.61. The SMILES string of the molecule is COC(=O)C(C)N(C(C)=O)c1ccccc1OC. The first-order chi connectivity index (χ1) is 8.52. The number of hydrogen-bond acceptors (Lipinski definition) is 4. The molecule has 0 fully saturated rings. The lowest BCUT2D eigenvalue weighted by Crippen LogP contribution is -2.43. The zero-order valence-corrected chi connectivity index (χ0v) is 11.0. The number of carbonyl (C=O) groups excluding carboxylic acids is 2. The molecule has 0 aromatic heterocycles. The number of ether oxygens (including phenoxy) is 2. The molecule has 0 aliphatic heterocycles. The van der Waals surface area contributed by atoms with Crippen LogP contribution in [0.5, 0.6) is 5.75 Å². The molecule has 1 aromatic carbocycles. The highest BCUT2D eigenvalue weighted by atomic mass is 16.5. The summed E-state index contributed by atoms with van der Waals surface area (Å²) in [5.74, 6) is -0.197. The van der Waals surface area contributed by atoms with Crippen LogP contribution in [0.15, 0.2) is 24.3 Å². The first-order valence-electron chi connectivity index (χ1n) is 5.53. The van der Waals surface area contributed by atoms with E-state index in [2.05, 4.69) is 4.74 Å². The molecule has 0 saturated carbocycles. The summed E-state index contributed by atoms with van der Waals surface area (Å²) in [6.45, 7) is 3.01. The highest BCUT2D eigenvalue weighted by Crippen LogP contribution is 2.29. The molecule has 0 aliphatic carbocycles. The van der Waals surface area contributed by atoms with Gasteiger partial charge in [-0.15, -0.1) is 0 Å². The lowest BCUT2D eigenvalue weighted by molar-refractivity contribution is -0.142. The number of esters is 1. The van der Waals surface area contributed by atoms with E-state index >= 15 is 0 Å². The van der Waals surface area contributed by atoms with Crippen LogP contribution in [0, 0.1) is 0 Å². The van der Waals surface area contributed by atoms with Crippen LogP contribution < -0.4 is 9.64 Å². The van der Waals surface area contributed by atoms with Crippen molar-refractivity contribution in [3.8, 4) is 5.75 Å². The first-order valence-corrected chi connectivity index (χ1v) is 5.53. The summed E-state index contributed by atoms with van der Waals surface area (Å²) in [7, 11) is 2.80. The molecule has 1 unspecified atom stereocenters. The Morgan fingerprint density at radius 1 is 1.22 bits per heavy atom. The summed E-state index contributed by atoms with van der Waals surface area (Å²) in [4.78, 5) is 24.7. The van der Waals surface area contributed by atoms with E-state index in [1.165, 1.54) is 26.0 Å². The van der Waals surface area contributed by atoms with Gasteiger partial charge in [-0.1, -0.05) is 12.1 Å². The van der Waals surface area contributed by atoms with E-state index in [4.69, 9.17) is 4.74 Å². The monoisotopic (exact) mass is 251 g/mol. The lowest BCUT2D eigenvalue weighted by atomic mass is 10.2.